The van der Waals surface area contributed by atoms with Crippen molar-refractivity contribution in [2.75, 3.05) is 7.05 Å². The zero-order valence-corrected chi connectivity index (χ0v) is 15.3. The van der Waals surface area contributed by atoms with E-state index in [9.17, 15) is 18.0 Å². The van der Waals surface area contributed by atoms with Gasteiger partial charge in [0, 0.05) is 35.3 Å². The van der Waals surface area contributed by atoms with Gasteiger partial charge in [-0.3, -0.25) is 4.79 Å². The molecule has 144 valence electrons. The van der Waals surface area contributed by atoms with Crippen LogP contribution in [0, 0.1) is 5.82 Å². The van der Waals surface area contributed by atoms with Crippen molar-refractivity contribution in [3.8, 4) is 5.75 Å². The predicted octanol–water partition coefficient (Wildman–Crippen LogP) is 4.39. The number of carbonyl (C=O) groups excluding carboxylic acids is 1. The minimum Gasteiger partial charge on any atom is -0.434 e. The third-order valence-corrected chi connectivity index (χ3v) is 5.74. The van der Waals surface area contributed by atoms with Gasteiger partial charge in [0.05, 0.1) is 22.8 Å². The first-order valence-electron chi connectivity index (χ1n) is 8.59. The summed E-state index contributed by atoms with van der Waals surface area (Å²) in [6.07, 6.45) is 2.09. The number of pyridine rings is 1. The summed E-state index contributed by atoms with van der Waals surface area (Å²) in [4.78, 5) is 14.4. The van der Waals surface area contributed by atoms with E-state index in [1.165, 1.54) is 4.90 Å². The van der Waals surface area contributed by atoms with E-state index < -0.39 is 30.3 Å². The molecule has 5 rings (SSSR count). The van der Waals surface area contributed by atoms with Crippen LogP contribution in [0.4, 0.5) is 13.2 Å². The summed E-state index contributed by atoms with van der Waals surface area (Å²) in [5, 5.41) is 5.06. The van der Waals surface area contributed by atoms with Gasteiger partial charge in [0.2, 0.25) is 0 Å². The van der Waals surface area contributed by atoms with Crippen LogP contribution in [0.25, 0.3) is 5.52 Å². The van der Waals surface area contributed by atoms with Crippen LogP contribution in [0.2, 0.25) is 5.02 Å². The molecule has 5 nitrogen and oxygen atoms in total. The summed E-state index contributed by atoms with van der Waals surface area (Å²) in [5.41, 5.74) is 1.99. The Hall–Kier alpha value is -2.74. The highest BCUT2D eigenvalue weighted by atomic mass is 35.5. The van der Waals surface area contributed by atoms with Crippen molar-refractivity contribution in [1.29, 1.82) is 0 Å². The normalized spacial score (nSPS) is 20.5. The van der Waals surface area contributed by atoms with E-state index >= 15 is 0 Å². The molecule has 2 aromatic heterocycles. The molecule has 0 fully saturated rings. The fraction of sp³-hybridized carbons (Fsp3) is 0.263. The molecule has 2 atom stereocenters. The van der Waals surface area contributed by atoms with Crippen LogP contribution in [0.3, 0.4) is 0 Å². The lowest BCUT2D eigenvalue weighted by Crippen LogP contribution is -2.30. The second kappa shape index (κ2) is 5.88. The number of fused-ring (bicyclic) bond motifs is 9. The third kappa shape index (κ3) is 2.27. The van der Waals surface area contributed by atoms with E-state index in [2.05, 4.69) is 9.84 Å². The molecular formula is C19H13ClF3N3O2. The third-order valence-electron chi connectivity index (χ3n) is 5.51. The zero-order chi connectivity index (χ0) is 19.7. The van der Waals surface area contributed by atoms with Crippen LogP contribution < -0.4 is 4.74 Å². The van der Waals surface area contributed by atoms with Gasteiger partial charge >= 0.3 is 6.61 Å². The van der Waals surface area contributed by atoms with Crippen molar-refractivity contribution in [3.63, 3.8) is 0 Å². The molecule has 0 saturated heterocycles. The first kappa shape index (κ1) is 17.4. The maximum atomic E-state index is 14.7. The van der Waals surface area contributed by atoms with Gasteiger partial charge in [-0.1, -0.05) is 11.6 Å². The molecule has 2 bridgehead atoms. The lowest BCUT2D eigenvalue weighted by molar-refractivity contribution is -0.0506. The van der Waals surface area contributed by atoms with Crippen LogP contribution in [-0.4, -0.2) is 34.1 Å². The van der Waals surface area contributed by atoms with Crippen molar-refractivity contribution in [2.45, 2.75) is 25.0 Å². The molecule has 0 unspecified atom stereocenters. The van der Waals surface area contributed by atoms with Crippen molar-refractivity contribution in [2.24, 2.45) is 0 Å². The second-order valence-electron chi connectivity index (χ2n) is 6.91. The Morgan fingerprint density at radius 2 is 2.07 bits per heavy atom. The van der Waals surface area contributed by atoms with Crippen LogP contribution in [0.5, 0.6) is 5.75 Å². The van der Waals surface area contributed by atoms with Crippen molar-refractivity contribution >= 4 is 23.0 Å². The molecule has 9 heteroatoms. The maximum Gasteiger partial charge on any atom is 0.387 e. The van der Waals surface area contributed by atoms with Gasteiger partial charge in [0.25, 0.3) is 5.91 Å². The van der Waals surface area contributed by atoms with Gasteiger partial charge in [0.1, 0.15) is 11.6 Å². The number of halogens is 4. The minimum absolute atomic E-state index is 0.133. The maximum absolute atomic E-state index is 14.7. The highest BCUT2D eigenvalue weighted by Crippen LogP contribution is 2.53. The number of hydrogen-bond donors (Lipinski definition) is 0. The number of ether oxygens (including phenoxy) is 1. The smallest absolute Gasteiger partial charge is 0.387 e. The molecule has 1 aromatic carbocycles. The monoisotopic (exact) mass is 407 g/mol. The molecule has 0 radical (unpaired) electrons. The Balaban J connectivity index is 1.85. The number of amides is 1. The molecule has 0 saturated carbocycles. The highest BCUT2D eigenvalue weighted by molar-refractivity contribution is 6.30. The van der Waals surface area contributed by atoms with E-state index in [4.69, 9.17) is 11.6 Å². The molecule has 1 aliphatic carbocycles. The van der Waals surface area contributed by atoms with Crippen molar-refractivity contribution < 1.29 is 22.7 Å². The average molecular weight is 408 g/mol. The lowest BCUT2D eigenvalue weighted by atomic mass is 9.88. The summed E-state index contributed by atoms with van der Waals surface area (Å²) in [6, 6.07) is 5.12. The SMILES string of the molecule is CN1C(=O)c2c(F)ccc(OC(F)F)c2[C@H]2C[C@@H]1c1nn3ccc(Cl)cc3c12. The van der Waals surface area contributed by atoms with E-state index in [-0.39, 0.29) is 16.9 Å². The predicted molar refractivity (Wildman–Crippen MR) is 94.5 cm³/mol. The summed E-state index contributed by atoms with van der Waals surface area (Å²) >= 11 is 6.14. The summed E-state index contributed by atoms with van der Waals surface area (Å²) in [6.45, 7) is -3.10. The lowest BCUT2D eigenvalue weighted by Gasteiger charge is -2.24. The van der Waals surface area contributed by atoms with Crippen molar-refractivity contribution in [1.82, 2.24) is 14.5 Å². The number of carbonyl (C=O) groups is 1. The van der Waals surface area contributed by atoms with Crippen LogP contribution in [-0.2, 0) is 0 Å². The van der Waals surface area contributed by atoms with Crippen LogP contribution in [0.1, 0.15) is 45.6 Å². The Morgan fingerprint density at radius 3 is 2.82 bits per heavy atom. The summed E-state index contributed by atoms with van der Waals surface area (Å²) in [7, 11) is 1.56. The number of alkyl halides is 2. The van der Waals surface area contributed by atoms with Gasteiger partial charge in [0.15, 0.2) is 0 Å². The largest absolute Gasteiger partial charge is 0.434 e. The first-order valence-corrected chi connectivity index (χ1v) is 8.96. The number of nitrogens with zero attached hydrogens (tertiary/aromatic N) is 3. The van der Waals surface area contributed by atoms with Crippen LogP contribution in [0.15, 0.2) is 30.5 Å². The summed E-state index contributed by atoms with van der Waals surface area (Å²) in [5.74, 6) is -2.07. The standard InChI is InChI=1S/C19H13ClF3N3O2/c1-25-12-7-9(14-11-6-8(20)4-5-26(11)24-17(12)14)15-13(28-19(22)23)3-2-10(21)16(15)18(25)27/h2-6,9,12,19H,7H2,1H3/t9-,12+/m0/s1. The van der Waals surface area contributed by atoms with Gasteiger partial charge in [-0.25, -0.2) is 8.91 Å². The summed E-state index contributed by atoms with van der Waals surface area (Å²) < 4.78 is 47.0. The first-order chi connectivity index (χ1) is 13.4. The molecule has 3 aromatic rings. The molecule has 2 aliphatic rings. The van der Waals surface area contributed by atoms with Gasteiger partial charge in [-0.15, -0.1) is 0 Å². The molecular weight excluding hydrogens is 395 g/mol. The van der Waals surface area contributed by atoms with E-state index in [1.54, 1.807) is 29.9 Å². The second-order valence-corrected chi connectivity index (χ2v) is 7.34. The Labute approximate surface area is 162 Å². The fourth-order valence-electron chi connectivity index (χ4n) is 4.37. The highest BCUT2D eigenvalue weighted by Gasteiger charge is 2.47. The Kier molecular flexibility index (Phi) is 3.64. The number of rotatable bonds is 2. The molecule has 1 amide bonds. The number of aromatic nitrogens is 2. The van der Waals surface area contributed by atoms with Crippen molar-refractivity contribution in [3.05, 3.63) is 63.7 Å². The van der Waals surface area contributed by atoms with E-state index in [0.29, 0.717) is 22.7 Å². The van der Waals surface area contributed by atoms with E-state index in [1.807, 2.05) is 0 Å². The van der Waals surface area contributed by atoms with Gasteiger partial charge < -0.3 is 9.64 Å². The quantitative estimate of drug-likeness (QED) is 0.633. The molecule has 0 spiro atoms. The Bertz CT molecular complexity index is 1150. The number of hydrogen-bond acceptors (Lipinski definition) is 3. The van der Waals surface area contributed by atoms with Gasteiger partial charge in [-0.2, -0.15) is 13.9 Å². The molecule has 28 heavy (non-hydrogen) atoms. The average Bonchev–Trinajstić information content (AvgIpc) is 3.15. The number of benzene rings is 1. The minimum atomic E-state index is -3.10. The Morgan fingerprint density at radius 1 is 1.29 bits per heavy atom. The van der Waals surface area contributed by atoms with E-state index in [0.717, 1.165) is 17.7 Å². The zero-order valence-electron chi connectivity index (χ0n) is 14.5. The fourth-order valence-corrected chi connectivity index (χ4v) is 4.53. The molecule has 1 aliphatic heterocycles. The van der Waals surface area contributed by atoms with Gasteiger partial charge in [-0.05, 0) is 30.7 Å². The van der Waals surface area contributed by atoms with Crippen LogP contribution >= 0.6 is 11.6 Å². The topological polar surface area (TPSA) is 46.8 Å². The molecule has 3 heterocycles. The molecule has 0 N–H and O–H groups in total.